The Morgan fingerprint density at radius 2 is 1.60 bits per heavy atom. The van der Waals surface area contributed by atoms with Gasteiger partial charge >= 0.3 is 0 Å². The lowest BCUT2D eigenvalue weighted by Gasteiger charge is -2.16. The van der Waals surface area contributed by atoms with Gasteiger partial charge in [0.1, 0.15) is 5.75 Å². The van der Waals surface area contributed by atoms with Crippen LogP contribution in [0.3, 0.4) is 0 Å². The maximum Gasteiger partial charge on any atom is 0.266 e. The van der Waals surface area contributed by atoms with Crippen LogP contribution in [0, 0.1) is 0 Å². The number of anilines is 1. The lowest BCUT2D eigenvalue weighted by Crippen LogP contribution is -2.29. The Morgan fingerprint density at radius 3 is 2.15 bits per heavy atom. The standard InChI is InChI=1S/C14H7BrClNO3/c15-9-5-10(16)12(18)6-11(9)17-13(19)7-3-1-2-4-8(7)14(17)20/h1-6,18H. The third kappa shape index (κ3) is 1.82. The van der Waals surface area contributed by atoms with E-state index in [4.69, 9.17) is 11.6 Å². The van der Waals surface area contributed by atoms with Gasteiger partial charge in [-0.2, -0.15) is 0 Å². The van der Waals surface area contributed by atoms with Crippen LogP contribution >= 0.6 is 27.5 Å². The van der Waals surface area contributed by atoms with E-state index in [-0.39, 0.29) is 16.5 Å². The van der Waals surface area contributed by atoms with E-state index in [9.17, 15) is 14.7 Å². The number of aromatic hydroxyl groups is 1. The monoisotopic (exact) mass is 351 g/mol. The minimum Gasteiger partial charge on any atom is -0.506 e. The fourth-order valence-electron chi connectivity index (χ4n) is 2.11. The average Bonchev–Trinajstić information content (AvgIpc) is 2.68. The molecule has 2 aromatic carbocycles. The highest BCUT2D eigenvalue weighted by Gasteiger charge is 2.37. The van der Waals surface area contributed by atoms with Crippen LogP contribution in [0.2, 0.25) is 5.02 Å². The lowest BCUT2D eigenvalue weighted by atomic mass is 10.1. The summed E-state index contributed by atoms with van der Waals surface area (Å²) in [5.41, 5.74) is 0.954. The van der Waals surface area contributed by atoms with Crippen LogP contribution in [0.5, 0.6) is 5.75 Å². The van der Waals surface area contributed by atoms with Crippen molar-refractivity contribution in [2.75, 3.05) is 4.90 Å². The molecule has 1 heterocycles. The minimum atomic E-state index is -0.423. The molecule has 4 nitrogen and oxygen atoms in total. The molecule has 0 fully saturated rings. The van der Waals surface area contributed by atoms with E-state index in [2.05, 4.69) is 15.9 Å². The van der Waals surface area contributed by atoms with Crippen LogP contribution in [-0.4, -0.2) is 16.9 Å². The van der Waals surface area contributed by atoms with Crippen molar-refractivity contribution >= 4 is 45.0 Å². The van der Waals surface area contributed by atoms with Gasteiger partial charge in [-0.1, -0.05) is 23.7 Å². The summed E-state index contributed by atoms with van der Waals surface area (Å²) < 4.78 is 0.454. The second-order valence-electron chi connectivity index (χ2n) is 4.25. The molecule has 0 bridgehead atoms. The van der Waals surface area contributed by atoms with Gasteiger partial charge in [-0.05, 0) is 34.1 Å². The van der Waals surface area contributed by atoms with Crippen molar-refractivity contribution in [3.63, 3.8) is 0 Å². The van der Waals surface area contributed by atoms with Gasteiger partial charge in [-0.3, -0.25) is 9.59 Å². The summed E-state index contributed by atoms with van der Waals surface area (Å²) in [6.45, 7) is 0. The van der Waals surface area contributed by atoms with Crippen molar-refractivity contribution in [1.29, 1.82) is 0 Å². The number of amides is 2. The van der Waals surface area contributed by atoms with Gasteiger partial charge in [-0.25, -0.2) is 4.90 Å². The van der Waals surface area contributed by atoms with Crippen molar-refractivity contribution in [3.05, 3.63) is 57.0 Å². The number of imide groups is 1. The summed E-state index contributed by atoms with van der Waals surface area (Å²) in [6.07, 6.45) is 0. The van der Waals surface area contributed by atoms with E-state index < -0.39 is 11.8 Å². The number of hydrogen-bond donors (Lipinski definition) is 1. The van der Waals surface area contributed by atoms with Gasteiger partial charge in [-0.15, -0.1) is 0 Å². The zero-order valence-electron chi connectivity index (χ0n) is 9.93. The third-order valence-electron chi connectivity index (χ3n) is 3.05. The highest BCUT2D eigenvalue weighted by molar-refractivity contribution is 9.10. The maximum atomic E-state index is 12.3. The van der Waals surface area contributed by atoms with E-state index in [1.54, 1.807) is 24.3 Å². The summed E-state index contributed by atoms with van der Waals surface area (Å²) in [5.74, 6) is -1.04. The predicted molar refractivity (Wildman–Crippen MR) is 78.4 cm³/mol. The Hall–Kier alpha value is -1.85. The fourth-order valence-corrected chi connectivity index (χ4v) is 2.92. The number of fused-ring (bicyclic) bond motifs is 1. The number of phenolic OH excluding ortho intramolecular Hbond substituents is 1. The number of carbonyl (C=O) groups excluding carboxylic acids is 2. The van der Waals surface area contributed by atoms with Gasteiger partial charge in [0.2, 0.25) is 0 Å². The Balaban J connectivity index is 2.17. The number of nitrogens with zero attached hydrogens (tertiary/aromatic N) is 1. The number of benzene rings is 2. The number of rotatable bonds is 1. The SMILES string of the molecule is O=C1c2ccccc2C(=O)N1c1cc(O)c(Cl)cc1Br. The summed E-state index contributed by atoms with van der Waals surface area (Å²) in [5, 5.41) is 9.81. The van der Waals surface area contributed by atoms with Gasteiger partial charge in [0, 0.05) is 10.5 Å². The van der Waals surface area contributed by atoms with Crippen molar-refractivity contribution in [2.45, 2.75) is 0 Å². The van der Waals surface area contributed by atoms with Crippen LogP contribution in [-0.2, 0) is 0 Å². The molecule has 0 radical (unpaired) electrons. The fraction of sp³-hybridized carbons (Fsp3) is 0. The minimum absolute atomic E-state index is 0.136. The normalized spacial score (nSPS) is 13.8. The summed E-state index contributed by atoms with van der Waals surface area (Å²) in [7, 11) is 0. The van der Waals surface area contributed by atoms with E-state index in [1.165, 1.54) is 12.1 Å². The zero-order chi connectivity index (χ0) is 14.4. The van der Waals surface area contributed by atoms with Gasteiger partial charge in [0.15, 0.2) is 0 Å². The molecule has 3 rings (SSSR count). The highest BCUT2D eigenvalue weighted by Crippen LogP contribution is 2.39. The molecule has 0 spiro atoms. The lowest BCUT2D eigenvalue weighted by molar-refractivity contribution is 0.0926. The second kappa shape index (κ2) is 4.61. The quantitative estimate of drug-likeness (QED) is 0.798. The smallest absolute Gasteiger partial charge is 0.266 e. The Labute approximate surface area is 127 Å². The van der Waals surface area contributed by atoms with Gasteiger partial charge < -0.3 is 5.11 Å². The molecule has 0 unspecified atom stereocenters. The first kappa shape index (κ1) is 13.1. The largest absolute Gasteiger partial charge is 0.506 e. The first-order chi connectivity index (χ1) is 9.50. The molecule has 0 aromatic heterocycles. The summed E-state index contributed by atoms with van der Waals surface area (Å²) in [4.78, 5) is 25.7. The molecule has 0 saturated heterocycles. The molecule has 0 saturated carbocycles. The van der Waals surface area contributed by atoms with Crippen LogP contribution in [0.1, 0.15) is 20.7 Å². The molecule has 1 N–H and O–H groups in total. The van der Waals surface area contributed by atoms with Crippen LogP contribution in [0.15, 0.2) is 40.9 Å². The topological polar surface area (TPSA) is 57.6 Å². The Bertz CT molecular complexity index is 725. The molecule has 1 aliphatic heterocycles. The molecule has 2 aromatic rings. The second-order valence-corrected chi connectivity index (χ2v) is 5.51. The Kier molecular flexibility index (Phi) is 3.03. The van der Waals surface area contributed by atoms with E-state index in [0.717, 1.165) is 4.90 Å². The molecule has 20 heavy (non-hydrogen) atoms. The summed E-state index contributed by atoms with van der Waals surface area (Å²) >= 11 is 9.04. The van der Waals surface area contributed by atoms with Crippen molar-refractivity contribution in [1.82, 2.24) is 0 Å². The van der Waals surface area contributed by atoms with Gasteiger partial charge in [0.25, 0.3) is 11.8 Å². The van der Waals surface area contributed by atoms with Crippen LogP contribution < -0.4 is 4.90 Å². The van der Waals surface area contributed by atoms with Gasteiger partial charge in [0.05, 0.1) is 21.8 Å². The van der Waals surface area contributed by atoms with Crippen LogP contribution in [0.25, 0.3) is 0 Å². The maximum absolute atomic E-state index is 12.3. The summed E-state index contributed by atoms with van der Waals surface area (Å²) in [6, 6.07) is 9.31. The van der Waals surface area contributed by atoms with E-state index in [1.807, 2.05) is 0 Å². The molecule has 0 atom stereocenters. The Morgan fingerprint density at radius 1 is 1.05 bits per heavy atom. The third-order valence-corrected chi connectivity index (χ3v) is 3.99. The molecule has 6 heteroatoms. The molecular weight excluding hydrogens is 346 g/mol. The van der Waals surface area contributed by atoms with Crippen molar-refractivity contribution < 1.29 is 14.7 Å². The first-order valence-electron chi connectivity index (χ1n) is 5.66. The van der Waals surface area contributed by atoms with Crippen molar-refractivity contribution in [3.8, 4) is 5.75 Å². The first-order valence-corrected chi connectivity index (χ1v) is 6.83. The molecule has 1 aliphatic rings. The molecule has 0 aliphatic carbocycles. The average molecular weight is 353 g/mol. The molecule has 100 valence electrons. The molecule has 2 amide bonds. The van der Waals surface area contributed by atoms with Crippen molar-refractivity contribution in [2.24, 2.45) is 0 Å². The number of halogens is 2. The molecular formula is C14H7BrClNO3. The highest BCUT2D eigenvalue weighted by atomic mass is 79.9. The van der Waals surface area contributed by atoms with Crippen LogP contribution in [0.4, 0.5) is 5.69 Å². The van der Waals surface area contributed by atoms with E-state index >= 15 is 0 Å². The number of phenols is 1. The van der Waals surface area contributed by atoms with E-state index in [0.29, 0.717) is 15.6 Å². The number of carbonyl (C=O) groups is 2. The number of hydrogen-bond acceptors (Lipinski definition) is 3. The predicted octanol–water partition coefficient (Wildman–Crippen LogP) is 3.61. The zero-order valence-corrected chi connectivity index (χ0v) is 12.3.